The number of hydrogen-bond acceptors (Lipinski definition) is 4. The normalized spacial score (nSPS) is 11.9. The highest BCUT2D eigenvalue weighted by Gasteiger charge is 2.21. The summed E-state index contributed by atoms with van der Waals surface area (Å²) in [6, 6.07) is 9.34. The molecule has 1 aromatic carbocycles. The second-order valence-electron chi connectivity index (χ2n) is 5.66. The van der Waals surface area contributed by atoms with Gasteiger partial charge in [0.25, 0.3) is 11.7 Å². The minimum absolute atomic E-state index is 0.274. The summed E-state index contributed by atoms with van der Waals surface area (Å²) >= 11 is 0. The molecule has 0 aliphatic rings. The predicted molar refractivity (Wildman–Crippen MR) is 92.8 cm³/mol. The van der Waals surface area contributed by atoms with Crippen molar-refractivity contribution in [1.82, 2.24) is 25.1 Å². The summed E-state index contributed by atoms with van der Waals surface area (Å²) in [4.78, 5) is 31.8. The number of carbonyl (C=O) groups is 2. The molecule has 2 aromatic heterocycles. The van der Waals surface area contributed by atoms with Crippen molar-refractivity contribution in [2.75, 3.05) is 0 Å². The van der Waals surface area contributed by atoms with Crippen LogP contribution >= 0.6 is 0 Å². The van der Waals surface area contributed by atoms with Gasteiger partial charge in [-0.15, -0.1) is 0 Å². The highest BCUT2D eigenvalue weighted by Crippen LogP contribution is 2.18. The maximum Gasteiger partial charge on any atom is 0.293 e. The van der Waals surface area contributed by atoms with E-state index in [4.69, 9.17) is 0 Å². The summed E-state index contributed by atoms with van der Waals surface area (Å²) in [6.45, 7) is 4.32. The molecule has 0 aliphatic carbocycles. The number of carbonyl (C=O) groups excluding carboxylic acids is 2. The van der Waals surface area contributed by atoms with Gasteiger partial charge in [0, 0.05) is 12.7 Å². The summed E-state index contributed by atoms with van der Waals surface area (Å²) in [6.07, 6.45) is 4.67. The van der Waals surface area contributed by atoms with Crippen LogP contribution in [0.3, 0.4) is 0 Å². The van der Waals surface area contributed by atoms with E-state index in [1.54, 1.807) is 24.0 Å². The quantitative estimate of drug-likeness (QED) is 0.533. The Bertz CT molecular complexity index is 882. The van der Waals surface area contributed by atoms with Gasteiger partial charge in [0.2, 0.25) is 0 Å². The fourth-order valence-corrected chi connectivity index (χ4v) is 2.44. The van der Waals surface area contributed by atoms with Gasteiger partial charge in [-0.2, -0.15) is 5.10 Å². The highest BCUT2D eigenvalue weighted by atomic mass is 16.2. The molecule has 0 saturated carbocycles. The van der Waals surface area contributed by atoms with Crippen molar-refractivity contribution in [3.05, 3.63) is 60.3 Å². The number of nitrogens with zero attached hydrogens (tertiary/aromatic N) is 3. The van der Waals surface area contributed by atoms with Crippen LogP contribution in [0.25, 0.3) is 11.3 Å². The first-order chi connectivity index (χ1) is 12.1. The van der Waals surface area contributed by atoms with Gasteiger partial charge in [-0.1, -0.05) is 30.3 Å². The van der Waals surface area contributed by atoms with Crippen molar-refractivity contribution in [2.45, 2.75) is 26.4 Å². The standard InChI is InChI=1S/C18H19N5O2/c1-3-23-11-14(9-20-23)16(24)18(25)21-12(2)17-19-10-15(22-17)13-7-5-4-6-8-13/h4-12H,3H2,1-2H3,(H,19,22)(H,21,25)/t12-/m0/s1. The molecule has 128 valence electrons. The molecule has 3 rings (SSSR count). The molecule has 0 unspecified atom stereocenters. The molecular formula is C18H19N5O2. The second kappa shape index (κ2) is 7.12. The Hall–Kier alpha value is -3.22. The number of aromatic amines is 1. The molecular weight excluding hydrogens is 318 g/mol. The Balaban J connectivity index is 1.67. The summed E-state index contributed by atoms with van der Waals surface area (Å²) in [5, 5.41) is 6.68. The summed E-state index contributed by atoms with van der Waals surface area (Å²) in [7, 11) is 0. The Morgan fingerprint density at radius 3 is 2.68 bits per heavy atom. The Kier molecular flexibility index (Phi) is 4.74. The molecule has 0 saturated heterocycles. The summed E-state index contributed by atoms with van der Waals surface area (Å²) < 4.78 is 1.60. The van der Waals surface area contributed by atoms with Crippen LogP contribution in [0.15, 0.2) is 48.9 Å². The van der Waals surface area contributed by atoms with Crippen LogP contribution in [0.2, 0.25) is 0 Å². The maximum atomic E-state index is 12.2. The first kappa shape index (κ1) is 16.6. The molecule has 0 spiro atoms. The van der Waals surface area contributed by atoms with Crippen LogP contribution in [-0.4, -0.2) is 31.4 Å². The van der Waals surface area contributed by atoms with E-state index >= 15 is 0 Å². The Morgan fingerprint density at radius 2 is 2.00 bits per heavy atom. The number of benzene rings is 1. The van der Waals surface area contributed by atoms with E-state index in [1.807, 2.05) is 37.3 Å². The molecule has 3 aromatic rings. The first-order valence-electron chi connectivity index (χ1n) is 8.06. The number of nitrogens with one attached hydrogen (secondary N) is 2. The van der Waals surface area contributed by atoms with Crippen LogP contribution < -0.4 is 5.32 Å². The van der Waals surface area contributed by atoms with Crippen molar-refractivity contribution in [2.24, 2.45) is 0 Å². The molecule has 0 aliphatic heterocycles. The van der Waals surface area contributed by atoms with Crippen LogP contribution in [0.5, 0.6) is 0 Å². The first-order valence-corrected chi connectivity index (χ1v) is 8.06. The zero-order valence-corrected chi connectivity index (χ0v) is 14.1. The van der Waals surface area contributed by atoms with Crippen molar-refractivity contribution >= 4 is 11.7 Å². The number of aromatic nitrogens is 4. The van der Waals surface area contributed by atoms with E-state index in [1.165, 1.54) is 6.20 Å². The Labute approximate surface area is 145 Å². The van der Waals surface area contributed by atoms with Gasteiger partial charge in [0.15, 0.2) is 0 Å². The maximum absolute atomic E-state index is 12.2. The van der Waals surface area contributed by atoms with Gasteiger partial charge >= 0.3 is 0 Å². The summed E-state index contributed by atoms with van der Waals surface area (Å²) in [5.41, 5.74) is 2.13. The average molecular weight is 337 g/mol. The number of hydrogen-bond donors (Lipinski definition) is 2. The van der Waals surface area contributed by atoms with Gasteiger partial charge in [-0.25, -0.2) is 4.98 Å². The number of H-pyrrole nitrogens is 1. The zero-order valence-electron chi connectivity index (χ0n) is 14.1. The number of ketones is 1. The monoisotopic (exact) mass is 337 g/mol. The van der Waals surface area contributed by atoms with E-state index in [9.17, 15) is 9.59 Å². The molecule has 1 atom stereocenters. The molecule has 0 radical (unpaired) electrons. The third kappa shape index (κ3) is 3.65. The summed E-state index contributed by atoms with van der Waals surface area (Å²) in [5.74, 6) is -0.702. The highest BCUT2D eigenvalue weighted by molar-refractivity contribution is 6.42. The number of aryl methyl sites for hydroxylation is 1. The fourth-order valence-electron chi connectivity index (χ4n) is 2.44. The van der Waals surface area contributed by atoms with Crippen LogP contribution in [0.1, 0.15) is 36.1 Å². The third-order valence-electron chi connectivity index (χ3n) is 3.86. The predicted octanol–water partition coefficient (Wildman–Crippen LogP) is 2.35. The van der Waals surface area contributed by atoms with Crippen LogP contribution in [0.4, 0.5) is 0 Å². The van der Waals surface area contributed by atoms with Gasteiger partial charge in [0.1, 0.15) is 5.82 Å². The second-order valence-corrected chi connectivity index (χ2v) is 5.66. The Morgan fingerprint density at radius 1 is 1.24 bits per heavy atom. The zero-order chi connectivity index (χ0) is 17.8. The largest absolute Gasteiger partial charge is 0.340 e. The molecule has 7 nitrogen and oxygen atoms in total. The number of imidazole rings is 1. The average Bonchev–Trinajstić information content (AvgIpc) is 3.31. The fraction of sp³-hybridized carbons (Fsp3) is 0.222. The van der Waals surface area contributed by atoms with Crippen molar-refractivity contribution in [3.8, 4) is 11.3 Å². The lowest BCUT2D eigenvalue weighted by Crippen LogP contribution is -2.33. The minimum Gasteiger partial charge on any atom is -0.340 e. The lowest BCUT2D eigenvalue weighted by molar-refractivity contribution is -0.117. The van der Waals surface area contributed by atoms with Crippen molar-refractivity contribution in [3.63, 3.8) is 0 Å². The third-order valence-corrected chi connectivity index (χ3v) is 3.86. The van der Waals surface area contributed by atoms with E-state index in [0.29, 0.717) is 12.4 Å². The van der Waals surface area contributed by atoms with Gasteiger partial charge in [-0.3, -0.25) is 14.3 Å². The molecule has 2 heterocycles. The molecule has 1 amide bonds. The van der Waals surface area contributed by atoms with Gasteiger partial charge in [0.05, 0.1) is 29.7 Å². The van der Waals surface area contributed by atoms with Crippen LogP contribution in [-0.2, 0) is 11.3 Å². The number of amides is 1. The minimum atomic E-state index is -0.680. The lowest BCUT2D eigenvalue weighted by Gasteiger charge is -2.10. The number of Topliss-reactive ketones (excluding diaryl/α,β-unsaturated/α-hetero) is 1. The molecule has 7 heteroatoms. The van der Waals surface area contributed by atoms with E-state index in [2.05, 4.69) is 20.4 Å². The van der Waals surface area contributed by atoms with Crippen molar-refractivity contribution < 1.29 is 9.59 Å². The van der Waals surface area contributed by atoms with Crippen molar-refractivity contribution in [1.29, 1.82) is 0 Å². The van der Waals surface area contributed by atoms with Gasteiger partial charge < -0.3 is 10.3 Å². The van der Waals surface area contributed by atoms with Gasteiger partial charge in [-0.05, 0) is 19.4 Å². The smallest absolute Gasteiger partial charge is 0.293 e. The number of rotatable bonds is 6. The lowest BCUT2D eigenvalue weighted by atomic mass is 10.2. The molecule has 0 bridgehead atoms. The van der Waals surface area contributed by atoms with E-state index in [-0.39, 0.29) is 5.56 Å². The molecule has 25 heavy (non-hydrogen) atoms. The molecule has 2 N–H and O–H groups in total. The van der Waals surface area contributed by atoms with Crippen LogP contribution in [0, 0.1) is 0 Å². The SMILES string of the molecule is CCn1cc(C(=O)C(=O)N[C@@H](C)c2ncc(-c3ccccc3)[nH]2)cn1. The van der Waals surface area contributed by atoms with E-state index < -0.39 is 17.7 Å². The topological polar surface area (TPSA) is 92.7 Å². The van der Waals surface area contributed by atoms with E-state index in [0.717, 1.165) is 11.3 Å². The molecule has 0 fully saturated rings.